The molecule has 142 valence electrons. The minimum absolute atomic E-state index is 0.0341. The Morgan fingerprint density at radius 1 is 1.22 bits per heavy atom. The lowest BCUT2D eigenvalue weighted by atomic mass is 9.96. The van der Waals surface area contributed by atoms with E-state index in [4.69, 9.17) is 9.47 Å². The lowest BCUT2D eigenvalue weighted by Crippen LogP contribution is -2.41. The van der Waals surface area contributed by atoms with Crippen molar-refractivity contribution in [2.24, 2.45) is 13.0 Å². The highest BCUT2D eigenvalue weighted by atomic mass is 16.6. The number of benzene rings is 1. The van der Waals surface area contributed by atoms with Crippen LogP contribution in [-0.2, 0) is 11.8 Å². The fourth-order valence-electron chi connectivity index (χ4n) is 3.42. The summed E-state index contributed by atoms with van der Waals surface area (Å²) in [6.07, 6.45) is 3.36. The van der Waals surface area contributed by atoms with Gasteiger partial charge in [-0.2, -0.15) is 5.10 Å². The molecule has 0 spiro atoms. The van der Waals surface area contributed by atoms with Crippen LogP contribution in [0.4, 0.5) is 11.4 Å². The lowest BCUT2D eigenvalue weighted by Gasteiger charge is -2.33. The Hall–Kier alpha value is -3.03. The van der Waals surface area contributed by atoms with E-state index in [1.165, 1.54) is 4.68 Å². The summed E-state index contributed by atoms with van der Waals surface area (Å²) >= 11 is 0. The Bertz CT molecular complexity index is 911. The van der Waals surface area contributed by atoms with Crippen LogP contribution < -0.4 is 25.2 Å². The van der Waals surface area contributed by atoms with Gasteiger partial charge in [0.25, 0.3) is 5.56 Å². The Morgan fingerprint density at radius 3 is 2.85 bits per heavy atom. The van der Waals surface area contributed by atoms with E-state index in [1.54, 1.807) is 25.4 Å². The first-order chi connectivity index (χ1) is 13.1. The fourth-order valence-corrected chi connectivity index (χ4v) is 3.42. The van der Waals surface area contributed by atoms with E-state index in [0.29, 0.717) is 36.9 Å². The molecule has 1 amide bonds. The van der Waals surface area contributed by atoms with Gasteiger partial charge in [0, 0.05) is 38.0 Å². The summed E-state index contributed by atoms with van der Waals surface area (Å²) in [5.41, 5.74) is 1.29. The van der Waals surface area contributed by atoms with Crippen molar-refractivity contribution in [1.82, 2.24) is 9.78 Å². The van der Waals surface area contributed by atoms with E-state index in [1.807, 2.05) is 17.0 Å². The number of aromatic nitrogens is 2. The number of carbonyl (C=O) groups is 1. The molecule has 2 aliphatic heterocycles. The average molecular weight is 370 g/mol. The van der Waals surface area contributed by atoms with Gasteiger partial charge in [-0.15, -0.1) is 0 Å². The molecule has 1 aromatic carbocycles. The van der Waals surface area contributed by atoms with Gasteiger partial charge in [0.1, 0.15) is 13.2 Å². The second-order valence-corrected chi connectivity index (χ2v) is 6.81. The van der Waals surface area contributed by atoms with E-state index in [9.17, 15) is 9.59 Å². The van der Waals surface area contributed by atoms with Crippen molar-refractivity contribution in [2.45, 2.75) is 12.8 Å². The van der Waals surface area contributed by atoms with Crippen molar-refractivity contribution in [3.63, 3.8) is 0 Å². The summed E-state index contributed by atoms with van der Waals surface area (Å²) in [5, 5.41) is 7.04. The third-order valence-electron chi connectivity index (χ3n) is 4.92. The predicted molar refractivity (Wildman–Crippen MR) is 100 cm³/mol. The third kappa shape index (κ3) is 3.74. The third-order valence-corrected chi connectivity index (χ3v) is 4.92. The van der Waals surface area contributed by atoms with Crippen LogP contribution in [0.1, 0.15) is 12.8 Å². The zero-order valence-corrected chi connectivity index (χ0v) is 15.2. The van der Waals surface area contributed by atoms with Gasteiger partial charge in [-0.3, -0.25) is 9.59 Å². The number of amides is 1. The molecule has 2 aliphatic rings. The van der Waals surface area contributed by atoms with E-state index < -0.39 is 0 Å². The molecule has 2 aromatic rings. The first-order valence-corrected chi connectivity index (χ1v) is 9.09. The quantitative estimate of drug-likeness (QED) is 0.879. The highest BCUT2D eigenvalue weighted by molar-refractivity contribution is 5.93. The largest absolute Gasteiger partial charge is 0.486 e. The molecule has 1 atom stereocenters. The van der Waals surface area contributed by atoms with Gasteiger partial charge in [0.15, 0.2) is 11.5 Å². The molecule has 0 aliphatic carbocycles. The van der Waals surface area contributed by atoms with Crippen molar-refractivity contribution in [2.75, 3.05) is 36.5 Å². The van der Waals surface area contributed by atoms with Gasteiger partial charge in [0.05, 0.1) is 17.8 Å². The highest BCUT2D eigenvalue weighted by Crippen LogP contribution is 2.33. The standard InChI is InChI=1S/C19H22N4O4/c1-22-18(24)10-15(11-20-22)23-6-2-3-13(12-23)19(25)21-14-4-5-16-17(9-14)27-8-7-26-16/h4-5,9-11,13H,2-3,6-8,12H2,1H3,(H,21,25)/t13-/m0/s1. The number of nitrogens with zero attached hydrogens (tertiary/aromatic N) is 3. The zero-order valence-electron chi connectivity index (χ0n) is 15.2. The summed E-state index contributed by atoms with van der Waals surface area (Å²) in [5.74, 6) is 1.15. The number of piperidine rings is 1. The number of anilines is 2. The zero-order chi connectivity index (χ0) is 18.8. The van der Waals surface area contributed by atoms with Crippen LogP contribution in [0, 0.1) is 5.92 Å². The molecule has 1 saturated heterocycles. The monoisotopic (exact) mass is 370 g/mol. The molecule has 3 heterocycles. The van der Waals surface area contributed by atoms with Crippen LogP contribution in [0.15, 0.2) is 35.3 Å². The second kappa shape index (κ2) is 7.30. The van der Waals surface area contributed by atoms with Crippen molar-refractivity contribution in [3.05, 3.63) is 40.8 Å². The molecular weight excluding hydrogens is 348 g/mol. The fraction of sp³-hybridized carbons (Fsp3) is 0.421. The molecule has 8 nitrogen and oxygen atoms in total. The predicted octanol–water partition coefficient (Wildman–Crippen LogP) is 1.41. The first kappa shape index (κ1) is 17.4. The molecule has 1 N–H and O–H groups in total. The number of ether oxygens (including phenoxy) is 2. The van der Waals surface area contributed by atoms with Gasteiger partial charge in [-0.05, 0) is 25.0 Å². The minimum Gasteiger partial charge on any atom is -0.486 e. The summed E-state index contributed by atoms with van der Waals surface area (Å²) in [6, 6.07) is 6.98. The van der Waals surface area contributed by atoms with Crippen molar-refractivity contribution in [3.8, 4) is 11.5 Å². The van der Waals surface area contributed by atoms with Gasteiger partial charge in [-0.25, -0.2) is 4.68 Å². The Morgan fingerprint density at radius 2 is 2.04 bits per heavy atom. The van der Waals surface area contributed by atoms with Crippen LogP contribution in [-0.4, -0.2) is 42.0 Å². The summed E-state index contributed by atoms with van der Waals surface area (Å²) < 4.78 is 12.4. The maximum atomic E-state index is 12.7. The van der Waals surface area contributed by atoms with Crippen molar-refractivity contribution in [1.29, 1.82) is 0 Å². The van der Waals surface area contributed by atoms with Crippen LogP contribution in [0.5, 0.6) is 11.5 Å². The van der Waals surface area contributed by atoms with E-state index in [2.05, 4.69) is 10.4 Å². The molecule has 27 heavy (non-hydrogen) atoms. The number of hydrogen-bond acceptors (Lipinski definition) is 6. The van der Waals surface area contributed by atoms with E-state index in [-0.39, 0.29) is 17.4 Å². The maximum Gasteiger partial charge on any atom is 0.268 e. The topological polar surface area (TPSA) is 85.7 Å². The normalized spacial score (nSPS) is 18.9. The van der Waals surface area contributed by atoms with Crippen molar-refractivity contribution >= 4 is 17.3 Å². The number of aryl methyl sites for hydroxylation is 1. The molecule has 4 rings (SSSR count). The first-order valence-electron chi connectivity index (χ1n) is 9.09. The lowest BCUT2D eigenvalue weighted by molar-refractivity contribution is -0.120. The molecule has 8 heteroatoms. The summed E-state index contributed by atoms with van der Waals surface area (Å²) in [7, 11) is 1.62. The van der Waals surface area contributed by atoms with E-state index in [0.717, 1.165) is 25.1 Å². The molecule has 0 saturated carbocycles. The van der Waals surface area contributed by atoms with Crippen molar-refractivity contribution < 1.29 is 14.3 Å². The molecule has 1 aromatic heterocycles. The number of rotatable bonds is 3. The number of fused-ring (bicyclic) bond motifs is 1. The Balaban J connectivity index is 1.44. The summed E-state index contributed by atoms with van der Waals surface area (Å²) in [6.45, 7) is 2.41. The molecule has 0 radical (unpaired) electrons. The average Bonchev–Trinajstić information content (AvgIpc) is 2.70. The number of nitrogens with one attached hydrogen (secondary N) is 1. The van der Waals surface area contributed by atoms with Crippen LogP contribution in [0.2, 0.25) is 0 Å². The maximum absolute atomic E-state index is 12.7. The Kier molecular flexibility index (Phi) is 4.70. The number of hydrogen-bond donors (Lipinski definition) is 1. The second-order valence-electron chi connectivity index (χ2n) is 6.81. The minimum atomic E-state index is -0.157. The smallest absolute Gasteiger partial charge is 0.268 e. The van der Waals surface area contributed by atoms with Crippen LogP contribution >= 0.6 is 0 Å². The van der Waals surface area contributed by atoms with Gasteiger partial charge < -0.3 is 19.7 Å². The van der Waals surface area contributed by atoms with Gasteiger partial charge in [-0.1, -0.05) is 0 Å². The molecule has 0 unspecified atom stereocenters. The molecule has 1 fully saturated rings. The van der Waals surface area contributed by atoms with Crippen LogP contribution in [0.25, 0.3) is 0 Å². The molecule has 0 bridgehead atoms. The summed E-state index contributed by atoms with van der Waals surface area (Å²) in [4.78, 5) is 26.6. The van der Waals surface area contributed by atoms with Gasteiger partial charge in [0.2, 0.25) is 5.91 Å². The SMILES string of the molecule is Cn1ncc(N2CCC[C@H](C(=O)Nc3ccc4c(c3)OCCO4)C2)cc1=O. The van der Waals surface area contributed by atoms with Crippen LogP contribution in [0.3, 0.4) is 0 Å². The molecular formula is C19H22N4O4. The van der Waals surface area contributed by atoms with E-state index >= 15 is 0 Å². The Labute approximate surface area is 156 Å². The number of carbonyl (C=O) groups excluding carboxylic acids is 1. The highest BCUT2D eigenvalue weighted by Gasteiger charge is 2.27. The van der Waals surface area contributed by atoms with Gasteiger partial charge >= 0.3 is 0 Å².